The van der Waals surface area contributed by atoms with Gasteiger partial charge in [0.2, 0.25) is 16.0 Å². The first-order chi connectivity index (χ1) is 14.1. The van der Waals surface area contributed by atoms with Gasteiger partial charge in [0.1, 0.15) is 16.3 Å². The van der Waals surface area contributed by atoms with Crippen molar-refractivity contribution < 1.29 is 23.1 Å². The summed E-state index contributed by atoms with van der Waals surface area (Å²) in [4.78, 5) is 30.8. The molecular formula is C18H16N6O5S. The van der Waals surface area contributed by atoms with E-state index in [1.807, 2.05) is 0 Å². The molecule has 3 rings (SSSR count). The second-order valence-corrected chi connectivity index (χ2v) is 7.53. The molecule has 7 N–H and O–H groups in total. The van der Waals surface area contributed by atoms with Gasteiger partial charge in [-0.2, -0.15) is 4.98 Å². The fourth-order valence-electron chi connectivity index (χ4n) is 2.52. The number of aromatic nitrogens is 2. The van der Waals surface area contributed by atoms with E-state index in [2.05, 4.69) is 20.6 Å². The molecule has 0 radical (unpaired) electrons. The number of carbonyl (C=O) groups excluding carboxylic acids is 1. The van der Waals surface area contributed by atoms with Crippen LogP contribution in [0.25, 0.3) is 0 Å². The summed E-state index contributed by atoms with van der Waals surface area (Å²) in [6.45, 7) is 0. The Labute approximate surface area is 170 Å². The molecule has 154 valence electrons. The predicted molar refractivity (Wildman–Crippen MR) is 108 cm³/mol. The van der Waals surface area contributed by atoms with Gasteiger partial charge in [0, 0.05) is 11.9 Å². The van der Waals surface area contributed by atoms with Crippen LogP contribution in [-0.4, -0.2) is 35.4 Å². The first-order valence-electron chi connectivity index (χ1n) is 8.31. The zero-order valence-electron chi connectivity index (χ0n) is 15.2. The largest absolute Gasteiger partial charge is 0.478 e. The number of carbonyl (C=O) groups is 2. The molecule has 0 unspecified atom stereocenters. The maximum Gasteiger partial charge on any atom is 0.335 e. The molecule has 0 aliphatic rings. The van der Waals surface area contributed by atoms with Gasteiger partial charge in [-0.05, 0) is 30.3 Å². The highest BCUT2D eigenvalue weighted by Gasteiger charge is 2.18. The van der Waals surface area contributed by atoms with E-state index in [9.17, 15) is 18.0 Å². The summed E-state index contributed by atoms with van der Waals surface area (Å²) in [5.74, 6) is -2.00. The van der Waals surface area contributed by atoms with Crippen molar-refractivity contribution in [1.29, 1.82) is 0 Å². The highest BCUT2D eigenvalue weighted by Crippen LogP contribution is 2.26. The molecule has 0 saturated carbocycles. The van der Waals surface area contributed by atoms with Crippen LogP contribution in [-0.2, 0) is 10.0 Å². The molecule has 0 aliphatic heterocycles. The lowest BCUT2D eigenvalue weighted by Crippen LogP contribution is -2.17. The second kappa shape index (κ2) is 8.14. The molecule has 0 aliphatic carbocycles. The molecule has 0 spiro atoms. The standard InChI is InChI=1S/C18H16N6O5S/c19-15(25)12-9-21-18(22-11-5-3-4-10(8-11)17(26)27)24-16(12)23-13-6-1-2-7-14(13)30(20,28)29/h1-9H,(H2,19,25)(H,26,27)(H2,20,28,29)(H2,21,22,23,24). The number of nitrogens with zero attached hydrogens (tertiary/aromatic N) is 2. The molecule has 1 heterocycles. The molecule has 30 heavy (non-hydrogen) atoms. The number of aromatic carboxylic acids is 1. The molecule has 0 fully saturated rings. The van der Waals surface area contributed by atoms with E-state index in [1.165, 1.54) is 36.4 Å². The molecule has 11 nitrogen and oxygen atoms in total. The Hall–Kier alpha value is -4.03. The molecule has 12 heteroatoms. The summed E-state index contributed by atoms with van der Waals surface area (Å²) in [7, 11) is -4.05. The zero-order chi connectivity index (χ0) is 21.9. The van der Waals surface area contributed by atoms with Gasteiger partial charge in [0.15, 0.2) is 0 Å². The number of carboxylic acid groups (broad SMARTS) is 1. The topological polar surface area (TPSA) is 190 Å². The van der Waals surface area contributed by atoms with Gasteiger partial charge in [-0.15, -0.1) is 0 Å². The van der Waals surface area contributed by atoms with E-state index in [1.54, 1.807) is 12.1 Å². The van der Waals surface area contributed by atoms with Gasteiger partial charge >= 0.3 is 5.97 Å². The van der Waals surface area contributed by atoms with Crippen LogP contribution in [0.4, 0.5) is 23.1 Å². The fourth-order valence-corrected chi connectivity index (χ4v) is 3.22. The van der Waals surface area contributed by atoms with Crippen LogP contribution in [0.5, 0.6) is 0 Å². The molecule has 1 amide bonds. The lowest BCUT2D eigenvalue weighted by Gasteiger charge is -2.13. The van der Waals surface area contributed by atoms with Gasteiger partial charge in [-0.3, -0.25) is 4.79 Å². The van der Waals surface area contributed by atoms with Gasteiger partial charge < -0.3 is 21.5 Å². The number of hydrogen-bond acceptors (Lipinski definition) is 8. The predicted octanol–water partition coefficient (Wildman–Crippen LogP) is 1.41. The van der Waals surface area contributed by atoms with E-state index < -0.39 is 21.9 Å². The highest BCUT2D eigenvalue weighted by atomic mass is 32.2. The summed E-state index contributed by atoms with van der Waals surface area (Å²) in [6.07, 6.45) is 1.15. The minimum Gasteiger partial charge on any atom is -0.478 e. The first kappa shape index (κ1) is 20.7. The average molecular weight is 428 g/mol. The van der Waals surface area contributed by atoms with Crippen molar-refractivity contribution in [1.82, 2.24) is 9.97 Å². The number of primary sulfonamides is 1. The van der Waals surface area contributed by atoms with Crippen molar-refractivity contribution in [2.75, 3.05) is 10.6 Å². The number of sulfonamides is 1. The van der Waals surface area contributed by atoms with E-state index in [0.29, 0.717) is 5.69 Å². The van der Waals surface area contributed by atoms with Crippen molar-refractivity contribution >= 4 is 45.0 Å². The molecule has 3 aromatic rings. The monoisotopic (exact) mass is 428 g/mol. The maximum absolute atomic E-state index is 11.8. The Morgan fingerprint density at radius 1 is 1.03 bits per heavy atom. The molecule has 2 aromatic carbocycles. The third-order valence-electron chi connectivity index (χ3n) is 3.87. The smallest absolute Gasteiger partial charge is 0.335 e. The Kier molecular flexibility index (Phi) is 5.62. The fraction of sp³-hybridized carbons (Fsp3) is 0. The number of nitrogens with two attached hydrogens (primary N) is 2. The van der Waals surface area contributed by atoms with Gasteiger partial charge in [0.25, 0.3) is 5.91 Å². The Balaban J connectivity index is 2.00. The maximum atomic E-state index is 11.8. The summed E-state index contributed by atoms with van der Waals surface area (Å²) < 4.78 is 23.6. The number of para-hydroxylation sites is 1. The van der Waals surface area contributed by atoms with Crippen LogP contribution in [0.2, 0.25) is 0 Å². The van der Waals surface area contributed by atoms with Gasteiger partial charge in [-0.1, -0.05) is 18.2 Å². The Morgan fingerprint density at radius 2 is 1.77 bits per heavy atom. The van der Waals surface area contributed by atoms with Crippen molar-refractivity contribution in [2.24, 2.45) is 10.9 Å². The third-order valence-corrected chi connectivity index (χ3v) is 4.84. The average Bonchev–Trinajstić information content (AvgIpc) is 2.68. The third kappa shape index (κ3) is 4.68. The van der Waals surface area contributed by atoms with Gasteiger partial charge in [-0.25, -0.2) is 23.3 Å². The number of hydrogen-bond donors (Lipinski definition) is 5. The van der Waals surface area contributed by atoms with Crippen molar-refractivity contribution in [3.8, 4) is 0 Å². The van der Waals surface area contributed by atoms with Crippen molar-refractivity contribution in [2.45, 2.75) is 4.90 Å². The molecule has 0 bridgehead atoms. The van der Waals surface area contributed by atoms with E-state index in [-0.39, 0.29) is 33.5 Å². The van der Waals surface area contributed by atoms with Crippen LogP contribution in [0, 0.1) is 0 Å². The van der Waals surface area contributed by atoms with Crippen molar-refractivity contribution in [3.05, 3.63) is 65.9 Å². The normalized spacial score (nSPS) is 11.0. The Bertz CT molecular complexity index is 1250. The summed E-state index contributed by atoms with van der Waals surface area (Å²) >= 11 is 0. The van der Waals surface area contributed by atoms with E-state index in [0.717, 1.165) is 6.20 Å². The number of nitrogens with one attached hydrogen (secondary N) is 2. The van der Waals surface area contributed by atoms with Crippen molar-refractivity contribution in [3.63, 3.8) is 0 Å². The van der Waals surface area contributed by atoms with Crippen LogP contribution >= 0.6 is 0 Å². The molecule has 0 atom stereocenters. The summed E-state index contributed by atoms with van der Waals surface area (Å²) in [5.41, 5.74) is 5.79. The molecular weight excluding hydrogens is 412 g/mol. The molecule has 0 saturated heterocycles. The van der Waals surface area contributed by atoms with E-state index in [4.69, 9.17) is 16.0 Å². The highest BCUT2D eigenvalue weighted by molar-refractivity contribution is 7.89. The molecule has 1 aromatic heterocycles. The SMILES string of the molecule is NC(=O)c1cnc(Nc2cccc(C(=O)O)c2)nc1Nc1ccccc1S(N)(=O)=O. The quantitative estimate of drug-likeness (QED) is 0.370. The summed E-state index contributed by atoms with van der Waals surface area (Å²) in [5, 5.41) is 19.9. The van der Waals surface area contributed by atoms with Gasteiger partial charge in [0.05, 0.1) is 11.3 Å². The lowest BCUT2D eigenvalue weighted by atomic mass is 10.2. The zero-order valence-corrected chi connectivity index (χ0v) is 16.1. The Morgan fingerprint density at radius 3 is 2.43 bits per heavy atom. The lowest BCUT2D eigenvalue weighted by molar-refractivity contribution is 0.0696. The number of rotatable bonds is 7. The van der Waals surface area contributed by atoms with Crippen LogP contribution in [0.15, 0.2) is 59.6 Å². The number of amides is 1. The summed E-state index contributed by atoms with van der Waals surface area (Å²) in [6, 6.07) is 11.7. The van der Waals surface area contributed by atoms with Crippen LogP contribution < -0.4 is 21.5 Å². The van der Waals surface area contributed by atoms with E-state index >= 15 is 0 Å². The minimum atomic E-state index is -4.05. The second-order valence-electron chi connectivity index (χ2n) is 6.00. The number of primary amides is 1. The van der Waals surface area contributed by atoms with Crippen LogP contribution in [0.1, 0.15) is 20.7 Å². The first-order valence-corrected chi connectivity index (χ1v) is 9.86. The minimum absolute atomic E-state index is 0.0122. The number of benzene rings is 2. The number of carboxylic acids is 1. The number of anilines is 4. The van der Waals surface area contributed by atoms with Crippen LogP contribution in [0.3, 0.4) is 0 Å².